The average molecular weight is 433 g/mol. The standard InChI is InChI=1S/C23H20N4O3S/c28-23(25-16-19-6-4-5-9-22(19)27-15-14-24-17-27)18-10-12-20(13-11-18)26-31(29,30)21-7-2-1-3-8-21/h1-15,17,26H,16H2,(H,25,28). The molecule has 2 N–H and O–H groups in total. The number of anilines is 1. The molecule has 4 aromatic rings. The predicted octanol–water partition coefficient (Wildman–Crippen LogP) is 3.60. The highest BCUT2D eigenvalue weighted by Gasteiger charge is 2.14. The van der Waals surface area contributed by atoms with E-state index in [2.05, 4.69) is 15.0 Å². The van der Waals surface area contributed by atoms with E-state index in [1.807, 2.05) is 35.0 Å². The molecular formula is C23H20N4O3S. The molecule has 0 saturated heterocycles. The van der Waals surface area contributed by atoms with Crippen molar-refractivity contribution >= 4 is 21.6 Å². The highest BCUT2D eigenvalue weighted by molar-refractivity contribution is 7.92. The SMILES string of the molecule is O=C(NCc1ccccc1-n1ccnc1)c1ccc(NS(=O)(=O)c2ccccc2)cc1. The number of carbonyl (C=O) groups excluding carboxylic acids is 1. The number of nitrogens with zero attached hydrogens (tertiary/aromatic N) is 2. The van der Waals surface area contributed by atoms with E-state index in [-0.39, 0.29) is 10.8 Å². The Kier molecular flexibility index (Phi) is 5.81. The fourth-order valence-corrected chi connectivity index (χ4v) is 4.17. The van der Waals surface area contributed by atoms with Crippen LogP contribution in [0.2, 0.25) is 0 Å². The van der Waals surface area contributed by atoms with Gasteiger partial charge in [-0.25, -0.2) is 13.4 Å². The number of para-hydroxylation sites is 1. The van der Waals surface area contributed by atoms with Crippen molar-refractivity contribution in [1.29, 1.82) is 0 Å². The fourth-order valence-electron chi connectivity index (χ4n) is 3.09. The zero-order valence-electron chi connectivity index (χ0n) is 16.5. The van der Waals surface area contributed by atoms with Gasteiger partial charge in [-0.3, -0.25) is 9.52 Å². The fraction of sp³-hybridized carbons (Fsp3) is 0.0435. The van der Waals surface area contributed by atoms with Crippen LogP contribution in [0.3, 0.4) is 0 Å². The van der Waals surface area contributed by atoms with Crippen molar-refractivity contribution in [2.75, 3.05) is 4.72 Å². The Labute approximate surface area is 180 Å². The highest BCUT2D eigenvalue weighted by atomic mass is 32.2. The summed E-state index contributed by atoms with van der Waals surface area (Å²) in [6.45, 7) is 0.343. The van der Waals surface area contributed by atoms with E-state index in [1.165, 1.54) is 12.1 Å². The summed E-state index contributed by atoms with van der Waals surface area (Å²) in [5.74, 6) is -0.252. The molecule has 4 rings (SSSR count). The first-order chi connectivity index (χ1) is 15.0. The van der Waals surface area contributed by atoms with Crippen LogP contribution in [0.1, 0.15) is 15.9 Å². The molecule has 156 valence electrons. The molecule has 0 fully saturated rings. The second-order valence-electron chi connectivity index (χ2n) is 6.78. The minimum Gasteiger partial charge on any atom is -0.348 e. The maximum absolute atomic E-state index is 12.6. The van der Waals surface area contributed by atoms with Crippen LogP contribution >= 0.6 is 0 Å². The second-order valence-corrected chi connectivity index (χ2v) is 8.46. The summed E-state index contributed by atoms with van der Waals surface area (Å²) in [7, 11) is -3.68. The summed E-state index contributed by atoms with van der Waals surface area (Å²) >= 11 is 0. The first kappa shape index (κ1) is 20.4. The molecular weight excluding hydrogens is 412 g/mol. The number of aromatic nitrogens is 2. The molecule has 0 spiro atoms. The molecule has 1 amide bonds. The molecule has 0 bridgehead atoms. The van der Waals surface area contributed by atoms with Crippen molar-refractivity contribution in [3.63, 3.8) is 0 Å². The van der Waals surface area contributed by atoms with E-state index in [0.29, 0.717) is 17.8 Å². The highest BCUT2D eigenvalue weighted by Crippen LogP contribution is 2.17. The van der Waals surface area contributed by atoms with Gasteiger partial charge in [0, 0.05) is 30.2 Å². The Morgan fingerprint density at radius 2 is 1.61 bits per heavy atom. The number of hydrogen-bond acceptors (Lipinski definition) is 4. The van der Waals surface area contributed by atoms with Crippen LogP contribution in [-0.2, 0) is 16.6 Å². The monoisotopic (exact) mass is 432 g/mol. The molecule has 1 aromatic heterocycles. The first-order valence-electron chi connectivity index (χ1n) is 9.55. The van der Waals surface area contributed by atoms with Crippen molar-refractivity contribution in [2.45, 2.75) is 11.4 Å². The third-order valence-electron chi connectivity index (χ3n) is 4.67. The average Bonchev–Trinajstić information content (AvgIpc) is 3.33. The lowest BCUT2D eigenvalue weighted by atomic mass is 10.1. The molecule has 8 heteroatoms. The van der Waals surface area contributed by atoms with Gasteiger partial charge in [-0.15, -0.1) is 0 Å². The van der Waals surface area contributed by atoms with Gasteiger partial charge in [0.25, 0.3) is 15.9 Å². The van der Waals surface area contributed by atoms with E-state index < -0.39 is 10.0 Å². The van der Waals surface area contributed by atoms with Gasteiger partial charge in [-0.2, -0.15) is 0 Å². The lowest BCUT2D eigenvalue weighted by Crippen LogP contribution is -2.23. The molecule has 0 aliphatic heterocycles. The summed E-state index contributed by atoms with van der Waals surface area (Å²) in [6.07, 6.45) is 5.24. The number of hydrogen-bond donors (Lipinski definition) is 2. The van der Waals surface area contributed by atoms with Crippen LogP contribution in [-0.4, -0.2) is 23.9 Å². The summed E-state index contributed by atoms with van der Waals surface area (Å²) in [5, 5.41) is 2.90. The number of rotatable bonds is 7. The van der Waals surface area contributed by atoms with E-state index >= 15 is 0 Å². The molecule has 7 nitrogen and oxygen atoms in total. The lowest BCUT2D eigenvalue weighted by molar-refractivity contribution is 0.0951. The maximum Gasteiger partial charge on any atom is 0.261 e. The molecule has 0 radical (unpaired) electrons. The molecule has 0 atom stereocenters. The van der Waals surface area contributed by atoms with Crippen molar-refractivity contribution in [3.8, 4) is 5.69 Å². The first-order valence-corrected chi connectivity index (χ1v) is 11.0. The van der Waals surface area contributed by atoms with Gasteiger partial charge >= 0.3 is 0 Å². The topological polar surface area (TPSA) is 93.1 Å². The number of sulfonamides is 1. The molecule has 1 heterocycles. The van der Waals surface area contributed by atoms with Crippen molar-refractivity contribution in [2.24, 2.45) is 0 Å². The van der Waals surface area contributed by atoms with Gasteiger partial charge in [0.05, 0.1) is 16.9 Å². The Bertz CT molecular complexity index is 1270. The Morgan fingerprint density at radius 3 is 2.32 bits per heavy atom. The molecule has 0 aliphatic carbocycles. The number of nitrogens with one attached hydrogen (secondary N) is 2. The van der Waals surface area contributed by atoms with Crippen LogP contribution in [0.5, 0.6) is 0 Å². The second kappa shape index (κ2) is 8.85. The van der Waals surface area contributed by atoms with E-state index in [4.69, 9.17) is 0 Å². The third kappa shape index (κ3) is 4.81. The van der Waals surface area contributed by atoms with Crippen LogP contribution in [0.25, 0.3) is 5.69 Å². The van der Waals surface area contributed by atoms with E-state index in [0.717, 1.165) is 11.3 Å². The number of amides is 1. The van der Waals surface area contributed by atoms with Gasteiger partial charge in [0.2, 0.25) is 0 Å². The van der Waals surface area contributed by atoms with Crippen molar-refractivity contribution < 1.29 is 13.2 Å². The third-order valence-corrected chi connectivity index (χ3v) is 6.06. The minimum atomic E-state index is -3.68. The molecule has 0 unspecified atom stereocenters. The lowest BCUT2D eigenvalue weighted by Gasteiger charge is -2.12. The van der Waals surface area contributed by atoms with Gasteiger partial charge in [0.1, 0.15) is 0 Å². The van der Waals surface area contributed by atoms with E-state index in [9.17, 15) is 13.2 Å². The molecule has 31 heavy (non-hydrogen) atoms. The zero-order valence-corrected chi connectivity index (χ0v) is 17.3. The molecule has 0 saturated carbocycles. The summed E-state index contributed by atoms with van der Waals surface area (Å²) in [4.78, 5) is 16.8. The summed E-state index contributed by atoms with van der Waals surface area (Å²) in [5.41, 5.74) is 2.70. The van der Waals surface area contributed by atoms with Crippen LogP contribution in [0.15, 0.2) is 102 Å². The summed E-state index contributed by atoms with van der Waals surface area (Å²) in [6, 6.07) is 22.1. The van der Waals surface area contributed by atoms with Crippen molar-refractivity contribution in [1.82, 2.24) is 14.9 Å². The number of benzene rings is 3. The molecule has 0 aliphatic rings. The Balaban J connectivity index is 1.42. The normalized spacial score (nSPS) is 11.1. The van der Waals surface area contributed by atoms with Gasteiger partial charge in [-0.05, 0) is 48.0 Å². The van der Waals surface area contributed by atoms with E-state index in [1.54, 1.807) is 55.0 Å². The van der Waals surface area contributed by atoms with Gasteiger partial charge in [-0.1, -0.05) is 36.4 Å². The van der Waals surface area contributed by atoms with Crippen LogP contribution in [0.4, 0.5) is 5.69 Å². The van der Waals surface area contributed by atoms with Gasteiger partial charge in [0.15, 0.2) is 0 Å². The Hall–Kier alpha value is -3.91. The summed E-state index contributed by atoms with van der Waals surface area (Å²) < 4.78 is 29.2. The minimum absolute atomic E-state index is 0.174. The zero-order chi connectivity index (χ0) is 21.7. The van der Waals surface area contributed by atoms with Crippen molar-refractivity contribution in [3.05, 3.63) is 109 Å². The predicted molar refractivity (Wildman–Crippen MR) is 118 cm³/mol. The number of imidazole rings is 1. The van der Waals surface area contributed by atoms with Crippen LogP contribution in [0, 0.1) is 0 Å². The maximum atomic E-state index is 12.6. The van der Waals surface area contributed by atoms with Crippen LogP contribution < -0.4 is 10.0 Å². The largest absolute Gasteiger partial charge is 0.348 e. The van der Waals surface area contributed by atoms with Gasteiger partial charge < -0.3 is 9.88 Å². The Morgan fingerprint density at radius 1 is 0.903 bits per heavy atom. The quantitative estimate of drug-likeness (QED) is 0.467. The molecule has 3 aromatic carbocycles. The number of carbonyl (C=O) groups is 1. The smallest absolute Gasteiger partial charge is 0.261 e.